The molecule has 1 rings (SSSR count). The van der Waals surface area contributed by atoms with Crippen molar-refractivity contribution in [3.63, 3.8) is 0 Å². The van der Waals surface area contributed by atoms with Gasteiger partial charge in [0.2, 0.25) is 0 Å². The lowest BCUT2D eigenvalue weighted by molar-refractivity contribution is -0.167. The van der Waals surface area contributed by atoms with Gasteiger partial charge >= 0.3 is 18.2 Å². The minimum atomic E-state index is -0.202. The largest absolute Gasteiger partial charge is 0.468 e. The molecule has 0 atom stereocenters. The van der Waals surface area contributed by atoms with Crippen LogP contribution in [0.1, 0.15) is 39.0 Å². The highest BCUT2D eigenvalue weighted by molar-refractivity contribution is 9.23. The smallest absolute Gasteiger partial charge is 0.348 e. The second kappa shape index (κ2) is 7.44. The lowest BCUT2D eigenvalue weighted by Gasteiger charge is -2.27. The van der Waals surface area contributed by atoms with Gasteiger partial charge in [0.25, 0.3) is 0 Å². The topological polar surface area (TPSA) is 18.5 Å². The molecule has 0 amide bonds. The molecule has 0 N–H and O–H groups in total. The average molecular weight is 275 g/mol. The zero-order valence-corrected chi connectivity index (χ0v) is 12.1. The summed E-state index contributed by atoms with van der Waals surface area (Å²) in [6.45, 7) is 3.79. The Morgan fingerprint density at radius 2 is 1.86 bits per heavy atom. The zero-order valence-electron chi connectivity index (χ0n) is 9.06. The van der Waals surface area contributed by atoms with Gasteiger partial charge in [-0.25, -0.2) is 0 Å². The first-order valence-electron chi connectivity index (χ1n) is 5.67. The van der Waals surface area contributed by atoms with Crippen LogP contribution in [0.4, 0.5) is 0 Å². The Bertz CT molecular complexity index is 149. The lowest BCUT2D eigenvalue weighted by atomic mass is 10.0. The van der Waals surface area contributed by atoms with Crippen LogP contribution in [0.5, 0.6) is 0 Å². The van der Waals surface area contributed by atoms with E-state index in [0.717, 1.165) is 26.1 Å². The van der Waals surface area contributed by atoms with Crippen LogP contribution in [-0.4, -0.2) is 37.2 Å². The molecule has 0 radical (unpaired) electrons. The molecule has 1 saturated heterocycles. The van der Waals surface area contributed by atoms with Gasteiger partial charge in [-0.1, -0.05) is 19.8 Å². The minimum Gasteiger partial charge on any atom is -0.348 e. The predicted molar refractivity (Wildman–Crippen MR) is 62.9 cm³/mol. The maximum absolute atomic E-state index is 5.77. The number of ether oxygens (including phenoxy) is 2. The zero-order chi connectivity index (χ0) is 10.3. The quantitative estimate of drug-likeness (QED) is 0.525. The van der Waals surface area contributed by atoms with Crippen molar-refractivity contribution < 1.29 is 9.47 Å². The minimum absolute atomic E-state index is 0.0324. The summed E-state index contributed by atoms with van der Waals surface area (Å²) in [4.78, 5) is 0. The van der Waals surface area contributed by atoms with E-state index in [2.05, 4.69) is 19.8 Å². The Morgan fingerprint density at radius 3 is 2.43 bits per heavy atom. The summed E-state index contributed by atoms with van der Waals surface area (Å²) < 4.78 is 12.9. The maximum Gasteiger partial charge on any atom is 0.468 e. The first-order chi connectivity index (χ1) is 6.83. The van der Waals surface area contributed by atoms with E-state index >= 15 is 0 Å². The van der Waals surface area contributed by atoms with Gasteiger partial charge < -0.3 is 22.4 Å². The van der Waals surface area contributed by atoms with Gasteiger partial charge in [-0.05, 0) is 12.8 Å². The van der Waals surface area contributed by atoms with Crippen LogP contribution in [0.25, 0.3) is 0 Å². The molecule has 80 valence electrons. The van der Waals surface area contributed by atoms with Crippen LogP contribution in [0.3, 0.4) is 0 Å². The van der Waals surface area contributed by atoms with E-state index in [0.29, 0.717) is 0 Å². The van der Waals surface area contributed by atoms with Gasteiger partial charge in [0, 0.05) is 6.42 Å². The maximum atomic E-state index is 5.77. The first kappa shape index (κ1) is 13.2. The number of halogens is 1. The fourth-order valence-corrected chi connectivity index (χ4v) is 3.47. The molecule has 0 aromatic rings. The van der Waals surface area contributed by atoms with E-state index in [1.807, 2.05) is 0 Å². The van der Waals surface area contributed by atoms with Crippen LogP contribution < -0.4 is 0 Å². The van der Waals surface area contributed by atoms with E-state index < -0.39 is 0 Å². The van der Waals surface area contributed by atoms with Crippen molar-refractivity contribution in [1.29, 1.82) is 0 Å². The summed E-state index contributed by atoms with van der Waals surface area (Å²) in [5, 5.41) is 0. The molecule has 1 aliphatic heterocycles. The van der Waals surface area contributed by atoms with Crippen molar-refractivity contribution in [3.8, 4) is 0 Å². The summed E-state index contributed by atoms with van der Waals surface area (Å²) in [6, 6.07) is 0. The Kier molecular flexibility index (Phi) is 7.03. The summed E-state index contributed by atoms with van der Waals surface area (Å²) in [5.74, 6) is -0.202. The van der Waals surface area contributed by atoms with E-state index in [1.54, 1.807) is 0 Å². The van der Waals surface area contributed by atoms with Crippen molar-refractivity contribution in [1.82, 2.24) is 0 Å². The van der Waals surface area contributed by atoms with Crippen molar-refractivity contribution in [2.24, 2.45) is 0 Å². The molecule has 0 saturated carbocycles. The second-order valence-electron chi connectivity index (χ2n) is 3.86. The summed E-state index contributed by atoms with van der Waals surface area (Å²) in [7, 11) is 0. The van der Waals surface area contributed by atoms with Crippen LogP contribution in [0.15, 0.2) is 0 Å². The van der Waals surface area contributed by atoms with Gasteiger partial charge in [-0.2, -0.15) is 0 Å². The molecule has 0 aromatic carbocycles. The van der Waals surface area contributed by atoms with E-state index in [-0.39, 0.29) is 24.0 Å². The van der Waals surface area contributed by atoms with Crippen LogP contribution >= 0.6 is 12.9 Å². The highest BCUT2D eigenvalue weighted by Gasteiger charge is 2.34. The van der Waals surface area contributed by atoms with Crippen molar-refractivity contribution in [2.75, 3.05) is 13.2 Å². The Hall–Kier alpha value is 1.17. The molecule has 0 spiro atoms. The number of rotatable bonds is 7. The molecule has 1 aliphatic rings. The number of hydrogen-bond donors (Lipinski definition) is 0. The number of unbranched alkanes of at least 4 members (excludes halogenated alkanes) is 1. The third-order valence-corrected chi connectivity index (χ3v) is 5.12. The fraction of sp³-hybridized carbons (Fsp3) is 1.00. The van der Waals surface area contributed by atoms with Gasteiger partial charge in [0.1, 0.15) is 0 Å². The Labute approximate surface area is 103 Å². The van der Waals surface area contributed by atoms with E-state index in [1.165, 1.54) is 23.8 Å². The summed E-state index contributed by atoms with van der Waals surface area (Å²) in [5.41, 5.74) is 0. The monoisotopic (exact) mass is 274 g/mol. The van der Waals surface area contributed by atoms with E-state index in [4.69, 9.17) is 9.47 Å². The normalized spacial score (nSPS) is 19.6. The number of hydrogen-bond acceptors (Lipinski definition) is 2. The average Bonchev–Trinajstić information content (AvgIpc) is 2.65. The van der Waals surface area contributed by atoms with Gasteiger partial charge in [-0.15, -0.1) is 4.55 Å². The summed E-state index contributed by atoms with van der Waals surface area (Å²) >= 11 is 3.62. The van der Waals surface area contributed by atoms with Crippen molar-refractivity contribution in [3.05, 3.63) is 0 Å². The third-order valence-electron chi connectivity index (χ3n) is 2.67. The SMILES string of the molecule is CCCCC1(CC[CH2][Mg][Br])OCCO1. The van der Waals surface area contributed by atoms with Crippen molar-refractivity contribution >= 4 is 31.1 Å². The van der Waals surface area contributed by atoms with Crippen LogP contribution in [0, 0.1) is 0 Å². The van der Waals surface area contributed by atoms with Crippen molar-refractivity contribution in [2.45, 2.75) is 49.4 Å². The van der Waals surface area contributed by atoms with E-state index in [9.17, 15) is 0 Å². The molecule has 0 aromatic heterocycles. The molecule has 0 unspecified atom stereocenters. The van der Waals surface area contributed by atoms with Gasteiger partial charge in [-0.3, -0.25) is 0 Å². The molecular formula is C10H19BrMgO2. The first-order valence-corrected chi connectivity index (χ1v) is 10.6. The second-order valence-corrected chi connectivity index (χ2v) is 7.32. The molecule has 0 aliphatic carbocycles. The highest BCUT2D eigenvalue weighted by Crippen LogP contribution is 2.31. The molecule has 1 fully saturated rings. The Morgan fingerprint density at radius 1 is 1.21 bits per heavy atom. The van der Waals surface area contributed by atoms with Crippen LogP contribution in [0.2, 0.25) is 4.55 Å². The van der Waals surface area contributed by atoms with Gasteiger partial charge in [0.05, 0.1) is 13.2 Å². The molecule has 2 nitrogen and oxygen atoms in total. The molecular weight excluding hydrogens is 256 g/mol. The highest BCUT2D eigenvalue weighted by atomic mass is 79.9. The molecule has 14 heavy (non-hydrogen) atoms. The summed E-state index contributed by atoms with van der Waals surface area (Å²) in [6.07, 6.45) is 5.85. The fourth-order valence-electron chi connectivity index (χ4n) is 1.85. The molecule has 1 heterocycles. The molecule has 0 bridgehead atoms. The standard InChI is InChI=1S/C10H19O2.BrH.Mg/c1-3-5-7-10(6-4-2)11-8-9-12-10;;/h2-9H2,1H3;1H;/q;;+1/p-1. The lowest BCUT2D eigenvalue weighted by Crippen LogP contribution is -2.29. The molecule has 4 heteroatoms. The van der Waals surface area contributed by atoms with Crippen LogP contribution in [-0.2, 0) is 9.47 Å². The third kappa shape index (κ3) is 4.35. The van der Waals surface area contributed by atoms with Gasteiger partial charge in [0.15, 0.2) is 5.79 Å². The Balaban J connectivity index is 2.28. The predicted octanol–water partition coefficient (Wildman–Crippen LogP) is 3.13.